The summed E-state index contributed by atoms with van der Waals surface area (Å²) in [5, 5.41) is 11.4. The third kappa shape index (κ3) is 3.40. The number of aliphatic carboxylic acids is 1. The van der Waals surface area contributed by atoms with Gasteiger partial charge in [0.05, 0.1) is 0 Å². The first-order valence-electron chi connectivity index (χ1n) is 6.06. The molecule has 0 bridgehead atoms. The monoisotopic (exact) mass is 260 g/mol. The number of pyridine rings is 1. The number of nitrogens with zero attached hydrogens (tertiary/aromatic N) is 1. The van der Waals surface area contributed by atoms with Crippen molar-refractivity contribution in [2.24, 2.45) is 5.41 Å². The van der Waals surface area contributed by atoms with Crippen molar-refractivity contribution in [1.29, 1.82) is 0 Å². The van der Waals surface area contributed by atoms with Gasteiger partial charge in [0.2, 0.25) is 0 Å². The molecule has 2 N–H and O–H groups in total. The van der Waals surface area contributed by atoms with E-state index in [0.29, 0.717) is 11.3 Å². The largest absolute Gasteiger partial charge is 0.478 e. The van der Waals surface area contributed by atoms with Gasteiger partial charge in [-0.2, -0.15) is 0 Å². The summed E-state index contributed by atoms with van der Waals surface area (Å²) in [6.07, 6.45) is 4.93. The van der Waals surface area contributed by atoms with Gasteiger partial charge in [0, 0.05) is 18.3 Å². The number of carbonyl (C=O) groups excluding carboxylic acids is 1. The second kappa shape index (κ2) is 4.84. The zero-order valence-electron chi connectivity index (χ0n) is 10.9. The van der Waals surface area contributed by atoms with E-state index in [-0.39, 0.29) is 17.4 Å². The Morgan fingerprint density at radius 3 is 2.63 bits per heavy atom. The molecule has 1 fully saturated rings. The lowest BCUT2D eigenvalue weighted by Gasteiger charge is -2.06. The van der Waals surface area contributed by atoms with Gasteiger partial charge in [0.15, 0.2) is 0 Å². The van der Waals surface area contributed by atoms with Crippen molar-refractivity contribution >= 4 is 18.0 Å². The molecular weight excluding hydrogens is 244 g/mol. The Balaban J connectivity index is 1.98. The summed E-state index contributed by atoms with van der Waals surface area (Å²) >= 11 is 0. The Bertz CT molecular complexity index is 532. The van der Waals surface area contributed by atoms with Crippen molar-refractivity contribution in [2.75, 3.05) is 0 Å². The van der Waals surface area contributed by atoms with Crippen LogP contribution in [0.25, 0.3) is 6.08 Å². The van der Waals surface area contributed by atoms with Crippen LogP contribution in [0.3, 0.4) is 0 Å². The van der Waals surface area contributed by atoms with E-state index in [1.165, 1.54) is 12.3 Å². The van der Waals surface area contributed by atoms with Gasteiger partial charge in [-0.1, -0.05) is 19.9 Å². The number of nitrogens with one attached hydrogen (secondary N) is 1. The molecule has 0 aromatic carbocycles. The molecule has 1 heterocycles. The van der Waals surface area contributed by atoms with Gasteiger partial charge in [-0.05, 0) is 29.5 Å². The third-order valence-electron chi connectivity index (χ3n) is 3.26. The van der Waals surface area contributed by atoms with Gasteiger partial charge in [0.1, 0.15) is 5.69 Å². The highest BCUT2D eigenvalue weighted by molar-refractivity contribution is 5.93. The molecule has 5 heteroatoms. The summed E-state index contributed by atoms with van der Waals surface area (Å²) in [7, 11) is 0. The topological polar surface area (TPSA) is 79.3 Å². The van der Waals surface area contributed by atoms with Gasteiger partial charge in [-0.15, -0.1) is 0 Å². The van der Waals surface area contributed by atoms with Crippen LogP contribution in [0.5, 0.6) is 0 Å². The molecule has 0 saturated heterocycles. The number of hydrogen-bond donors (Lipinski definition) is 2. The molecule has 1 atom stereocenters. The minimum absolute atomic E-state index is 0.180. The normalized spacial score (nSPS) is 20.2. The van der Waals surface area contributed by atoms with Crippen LogP contribution in [0.15, 0.2) is 24.4 Å². The highest BCUT2D eigenvalue weighted by atomic mass is 16.4. The Morgan fingerprint density at radius 2 is 2.16 bits per heavy atom. The molecule has 5 nitrogen and oxygen atoms in total. The first-order valence-corrected chi connectivity index (χ1v) is 6.06. The summed E-state index contributed by atoms with van der Waals surface area (Å²) in [4.78, 5) is 26.3. The van der Waals surface area contributed by atoms with Crippen LogP contribution in [0.1, 0.15) is 36.3 Å². The number of carbonyl (C=O) groups is 2. The Labute approximate surface area is 111 Å². The molecule has 0 spiro atoms. The van der Waals surface area contributed by atoms with E-state index in [1.54, 1.807) is 12.1 Å². The van der Waals surface area contributed by atoms with E-state index in [2.05, 4.69) is 24.1 Å². The fraction of sp³-hybridized carbons (Fsp3) is 0.357. The lowest BCUT2D eigenvalue weighted by molar-refractivity contribution is -0.131. The van der Waals surface area contributed by atoms with Crippen LogP contribution in [0.4, 0.5) is 0 Å². The smallest absolute Gasteiger partial charge is 0.328 e. The fourth-order valence-electron chi connectivity index (χ4n) is 1.75. The SMILES string of the molecule is CC1(C)CC1NC(=O)c1ccc(C=CC(=O)O)cn1. The minimum atomic E-state index is -1.02. The van der Waals surface area contributed by atoms with E-state index < -0.39 is 5.97 Å². The maximum Gasteiger partial charge on any atom is 0.328 e. The van der Waals surface area contributed by atoms with Crippen molar-refractivity contribution in [3.05, 3.63) is 35.7 Å². The van der Waals surface area contributed by atoms with Crippen LogP contribution in [0, 0.1) is 5.41 Å². The molecule has 1 aliphatic rings. The Kier molecular flexibility index (Phi) is 3.38. The van der Waals surface area contributed by atoms with Gasteiger partial charge in [-0.3, -0.25) is 9.78 Å². The van der Waals surface area contributed by atoms with Gasteiger partial charge in [0.25, 0.3) is 5.91 Å². The molecule has 1 aromatic heterocycles. The standard InChI is InChI=1S/C14H16N2O3/c1-14(2)7-11(14)16-13(19)10-5-3-9(8-15-10)4-6-12(17)18/h3-6,8,11H,7H2,1-2H3,(H,16,19)(H,17,18). The zero-order chi connectivity index (χ0) is 14.0. The molecule has 1 aliphatic carbocycles. The summed E-state index contributed by atoms with van der Waals surface area (Å²) in [6, 6.07) is 3.47. The predicted molar refractivity (Wildman–Crippen MR) is 70.6 cm³/mol. The molecule has 100 valence electrons. The summed E-state index contributed by atoms with van der Waals surface area (Å²) in [5.74, 6) is -1.21. The van der Waals surface area contributed by atoms with E-state index in [4.69, 9.17) is 5.11 Å². The molecule has 0 radical (unpaired) electrons. The number of carboxylic acid groups (broad SMARTS) is 1. The van der Waals surface area contributed by atoms with Crippen LogP contribution in [-0.4, -0.2) is 28.0 Å². The lowest BCUT2D eigenvalue weighted by atomic mass is 10.2. The first-order chi connectivity index (χ1) is 8.88. The minimum Gasteiger partial charge on any atom is -0.478 e. The molecular formula is C14H16N2O3. The molecule has 0 aliphatic heterocycles. The molecule has 1 amide bonds. The zero-order valence-corrected chi connectivity index (χ0v) is 10.9. The number of amides is 1. The Hall–Kier alpha value is -2.17. The quantitative estimate of drug-likeness (QED) is 0.808. The molecule has 2 rings (SSSR count). The van der Waals surface area contributed by atoms with E-state index in [1.807, 2.05) is 0 Å². The second-order valence-electron chi connectivity index (χ2n) is 5.37. The highest BCUT2D eigenvalue weighted by Crippen LogP contribution is 2.44. The van der Waals surface area contributed by atoms with Crippen LogP contribution >= 0.6 is 0 Å². The van der Waals surface area contributed by atoms with Gasteiger partial charge < -0.3 is 10.4 Å². The van der Waals surface area contributed by atoms with E-state index in [0.717, 1.165) is 12.5 Å². The van der Waals surface area contributed by atoms with Gasteiger partial charge >= 0.3 is 5.97 Å². The summed E-state index contributed by atoms with van der Waals surface area (Å²) in [5.41, 5.74) is 1.17. The fourth-order valence-corrected chi connectivity index (χ4v) is 1.75. The van der Waals surface area contributed by atoms with E-state index in [9.17, 15) is 9.59 Å². The third-order valence-corrected chi connectivity index (χ3v) is 3.26. The molecule has 1 saturated carbocycles. The predicted octanol–water partition coefficient (Wildman–Crippen LogP) is 1.71. The van der Waals surface area contributed by atoms with Crippen molar-refractivity contribution in [2.45, 2.75) is 26.3 Å². The van der Waals surface area contributed by atoms with Crippen molar-refractivity contribution < 1.29 is 14.7 Å². The van der Waals surface area contributed by atoms with Crippen molar-refractivity contribution in [3.63, 3.8) is 0 Å². The average Bonchev–Trinajstić information content (AvgIpc) is 2.94. The Morgan fingerprint density at radius 1 is 1.47 bits per heavy atom. The van der Waals surface area contributed by atoms with E-state index >= 15 is 0 Å². The second-order valence-corrected chi connectivity index (χ2v) is 5.37. The van der Waals surface area contributed by atoms with Gasteiger partial charge in [-0.25, -0.2) is 4.79 Å². The summed E-state index contributed by atoms with van der Waals surface area (Å²) in [6.45, 7) is 4.20. The highest BCUT2D eigenvalue weighted by Gasteiger charge is 2.46. The van der Waals surface area contributed by atoms with Crippen LogP contribution in [-0.2, 0) is 4.79 Å². The lowest BCUT2D eigenvalue weighted by Crippen LogP contribution is -2.29. The summed E-state index contributed by atoms with van der Waals surface area (Å²) < 4.78 is 0. The maximum atomic E-state index is 11.9. The number of rotatable bonds is 4. The first kappa shape index (κ1) is 13.3. The van der Waals surface area contributed by atoms with Crippen LogP contribution in [0.2, 0.25) is 0 Å². The number of hydrogen-bond acceptors (Lipinski definition) is 3. The molecule has 1 unspecified atom stereocenters. The van der Waals surface area contributed by atoms with Crippen molar-refractivity contribution in [1.82, 2.24) is 10.3 Å². The maximum absolute atomic E-state index is 11.9. The molecule has 1 aromatic rings. The van der Waals surface area contributed by atoms with Crippen molar-refractivity contribution in [3.8, 4) is 0 Å². The number of aromatic nitrogens is 1. The van der Waals surface area contributed by atoms with Crippen LogP contribution < -0.4 is 5.32 Å². The number of carboxylic acids is 1. The molecule has 19 heavy (non-hydrogen) atoms. The average molecular weight is 260 g/mol.